The Hall–Kier alpha value is -1.35. The molecule has 1 aromatic rings. The quantitative estimate of drug-likeness (QED) is 0.717. The summed E-state index contributed by atoms with van der Waals surface area (Å²) in [6.45, 7) is 2.87. The molecule has 0 heterocycles. The maximum absolute atomic E-state index is 11.0. The Balaban J connectivity index is 2.88. The van der Waals surface area contributed by atoms with Crippen LogP contribution in [0.25, 0.3) is 0 Å². The molecule has 0 fully saturated rings. The van der Waals surface area contributed by atoms with Crippen LogP contribution in [0.5, 0.6) is 0 Å². The summed E-state index contributed by atoms with van der Waals surface area (Å²) < 4.78 is 4.43. The van der Waals surface area contributed by atoms with Gasteiger partial charge in [-0.05, 0) is 24.6 Å². The maximum Gasteiger partial charge on any atom is 0.417 e. The molecule has 0 spiro atoms. The second-order valence-corrected chi connectivity index (χ2v) is 3.15. The predicted octanol–water partition coefficient (Wildman–Crippen LogP) is 2.13. The molecule has 0 aromatic heterocycles. The van der Waals surface area contributed by atoms with Gasteiger partial charge in [-0.3, -0.25) is 4.79 Å². The second kappa shape index (κ2) is 4.77. The zero-order chi connectivity index (χ0) is 10.6. The van der Waals surface area contributed by atoms with E-state index in [0.717, 1.165) is 5.56 Å². The van der Waals surface area contributed by atoms with Gasteiger partial charge in [0.2, 0.25) is 0 Å². The van der Waals surface area contributed by atoms with Gasteiger partial charge in [-0.2, -0.15) is 0 Å². The molecule has 0 unspecified atom stereocenters. The fourth-order valence-corrected chi connectivity index (χ4v) is 1.38. The van der Waals surface area contributed by atoms with Crippen LogP contribution in [-0.2, 0) is 16.1 Å². The van der Waals surface area contributed by atoms with E-state index in [4.69, 9.17) is 11.6 Å². The number of carbonyl (C=O) groups is 1. The van der Waals surface area contributed by atoms with Crippen molar-refractivity contribution in [1.82, 2.24) is 0 Å². The van der Waals surface area contributed by atoms with E-state index in [-0.39, 0.29) is 12.4 Å². The van der Waals surface area contributed by atoms with Crippen LogP contribution < -0.4 is 0 Å². The molecule has 0 bridgehead atoms. The molecule has 0 saturated carbocycles. The fourth-order valence-electron chi connectivity index (χ4n) is 1.05. The summed E-state index contributed by atoms with van der Waals surface area (Å²) in [5.41, 5.74) is 1.19. The molecule has 0 saturated heterocycles. The topological polar surface area (TPSA) is 43.4 Å². The minimum absolute atomic E-state index is 0.0931. The van der Waals surface area contributed by atoms with Gasteiger partial charge in [0.15, 0.2) is 5.78 Å². The van der Waals surface area contributed by atoms with Crippen molar-refractivity contribution in [3.8, 4) is 0 Å². The van der Waals surface area contributed by atoms with Crippen LogP contribution in [0.4, 0.5) is 0 Å². The number of benzene rings is 1. The third kappa shape index (κ3) is 2.57. The Labute approximate surface area is 86.6 Å². The molecule has 4 heteroatoms. The molecular formula is C10H8ClO3. The fraction of sp³-hybridized carbons (Fsp3) is 0.200. The van der Waals surface area contributed by atoms with E-state index in [1.54, 1.807) is 18.2 Å². The minimum atomic E-state index is -0.0931. The first-order valence-corrected chi connectivity index (χ1v) is 4.31. The van der Waals surface area contributed by atoms with Gasteiger partial charge in [0.1, 0.15) is 6.61 Å². The molecule has 3 nitrogen and oxygen atoms in total. The third-order valence-corrected chi connectivity index (χ3v) is 2.02. The Morgan fingerprint density at radius 2 is 2.29 bits per heavy atom. The lowest BCUT2D eigenvalue weighted by Crippen LogP contribution is -1.96. The number of halogens is 1. The van der Waals surface area contributed by atoms with Crippen molar-refractivity contribution in [2.45, 2.75) is 13.5 Å². The largest absolute Gasteiger partial charge is 0.452 e. The number of hydrogen-bond acceptors (Lipinski definition) is 3. The van der Waals surface area contributed by atoms with Crippen molar-refractivity contribution >= 4 is 23.9 Å². The van der Waals surface area contributed by atoms with Gasteiger partial charge in [-0.25, -0.2) is 4.79 Å². The number of ether oxygens (including phenoxy) is 1. The van der Waals surface area contributed by atoms with E-state index >= 15 is 0 Å². The minimum Gasteiger partial charge on any atom is -0.452 e. The first-order chi connectivity index (χ1) is 6.65. The normalized spacial score (nSPS) is 9.57. The van der Waals surface area contributed by atoms with Crippen LogP contribution in [0.1, 0.15) is 22.8 Å². The lowest BCUT2D eigenvalue weighted by Gasteiger charge is -2.03. The van der Waals surface area contributed by atoms with Crippen molar-refractivity contribution in [3.63, 3.8) is 0 Å². The molecular weight excluding hydrogens is 204 g/mol. The molecule has 0 N–H and O–H groups in total. The van der Waals surface area contributed by atoms with E-state index in [1.807, 2.05) is 0 Å². The Morgan fingerprint density at radius 1 is 1.57 bits per heavy atom. The highest BCUT2D eigenvalue weighted by molar-refractivity contribution is 6.33. The van der Waals surface area contributed by atoms with Gasteiger partial charge < -0.3 is 4.74 Å². The zero-order valence-corrected chi connectivity index (χ0v) is 8.30. The molecule has 14 heavy (non-hydrogen) atoms. The van der Waals surface area contributed by atoms with Crippen LogP contribution in [0.15, 0.2) is 18.2 Å². The lowest BCUT2D eigenvalue weighted by atomic mass is 10.1. The molecule has 1 radical (unpaired) electrons. The summed E-state index contributed by atoms with van der Waals surface area (Å²) >= 11 is 5.83. The van der Waals surface area contributed by atoms with Crippen LogP contribution >= 0.6 is 11.6 Å². The molecule has 0 aliphatic rings. The molecule has 73 valence electrons. The Kier molecular flexibility index (Phi) is 3.65. The summed E-state index contributed by atoms with van der Waals surface area (Å²) in [5.74, 6) is -0.0931. The van der Waals surface area contributed by atoms with Crippen molar-refractivity contribution in [3.05, 3.63) is 34.3 Å². The maximum atomic E-state index is 11.0. The van der Waals surface area contributed by atoms with Gasteiger partial charge >= 0.3 is 6.47 Å². The number of hydrogen-bond donors (Lipinski definition) is 0. The van der Waals surface area contributed by atoms with Crippen LogP contribution in [0, 0.1) is 0 Å². The van der Waals surface area contributed by atoms with Crippen LogP contribution in [0.2, 0.25) is 5.02 Å². The van der Waals surface area contributed by atoms with Gasteiger partial charge in [0.25, 0.3) is 0 Å². The Morgan fingerprint density at radius 3 is 2.79 bits per heavy atom. The van der Waals surface area contributed by atoms with E-state index < -0.39 is 0 Å². The first-order valence-electron chi connectivity index (χ1n) is 3.93. The summed E-state index contributed by atoms with van der Waals surface area (Å²) in [4.78, 5) is 20.8. The molecule has 1 aromatic carbocycles. The van der Waals surface area contributed by atoms with E-state index in [0.29, 0.717) is 10.6 Å². The summed E-state index contributed by atoms with van der Waals surface area (Å²) in [6, 6.07) is 4.88. The highest BCUT2D eigenvalue weighted by Gasteiger charge is 2.05. The lowest BCUT2D eigenvalue weighted by molar-refractivity contribution is 0.101. The monoisotopic (exact) mass is 211 g/mol. The van der Waals surface area contributed by atoms with Crippen molar-refractivity contribution in [2.75, 3.05) is 0 Å². The summed E-state index contributed by atoms with van der Waals surface area (Å²) in [6.07, 6.45) is 0. The summed E-state index contributed by atoms with van der Waals surface area (Å²) in [7, 11) is 0. The van der Waals surface area contributed by atoms with Crippen molar-refractivity contribution < 1.29 is 14.3 Å². The zero-order valence-electron chi connectivity index (χ0n) is 7.54. The highest BCUT2D eigenvalue weighted by Crippen LogP contribution is 2.18. The van der Waals surface area contributed by atoms with Crippen molar-refractivity contribution in [2.24, 2.45) is 0 Å². The standard InChI is InChI=1S/C10H8ClO3/c1-7(13)9-3-2-8(4-10(9)11)5-14-6-12/h2-4H,5H2,1H3. The van der Waals surface area contributed by atoms with Gasteiger partial charge in [0, 0.05) is 5.56 Å². The summed E-state index contributed by atoms with van der Waals surface area (Å²) in [5, 5.41) is 0.365. The third-order valence-electron chi connectivity index (χ3n) is 1.71. The first kappa shape index (κ1) is 10.7. The van der Waals surface area contributed by atoms with Gasteiger partial charge in [-0.1, -0.05) is 17.7 Å². The van der Waals surface area contributed by atoms with Crippen LogP contribution in [0.3, 0.4) is 0 Å². The van der Waals surface area contributed by atoms with E-state index in [9.17, 15) is 9.59 Å². The molecule has 1 rings (SSSR count). The number of carbonyl (C=O) groups excluding carboxylic acids is 2. The van der Waals surface area contributed by atoms with Crippen LogP contribution in [-0.4, -0.2) is 12.3 Å². The van der Waals surface area contributed by atoms with Crippen molar-refractivity contribution in [1.29, 1.82) is 0 Å². The smallest absolute Gasteiger partial charge is 0.417 e. The van der Waals surface area contributed by atoms with E-state index in [2.05, 4.69) is 4.74 Å². The van der Waals surface area contributed by atoms with E-state index in [1.165, 1.54) is 13.4 Å². The average molecular weight is 212 g/mol. The predicted molar refractivity (Wildman–Crippen MR) is 51.9 cm³/mol. The molecule has 0 atom stereocenters. The second-order valence-electron chi connectivity index (χ2n) is 2.74. The SMILES string of the molecule is CC(=O)c1ccc(CO[C]=O)cc1Cl. The Bertz CT molecular complexity index is 360. The molecule has 0 aliphatic carbocycles. The number of Topliss-reactive ketones (excluding diaryl/α,β-unsaturated/α-hetero) is 1. The molecule has 0 aliphatic heterocycles. The van der Waals surface area contributed by atoms with Gasteiger partial charge in [-0.15, -0.1) is 0 Å². The molecule has 0 amide bonds. The average Bonchev–Trinajstić information content (AvgIpc) is 2.14. The number of rotatable bonds is 4. The number of ketones is 1. The van der Waals surface area contributed by atoms with Gasteiger partial charge in [0.05, 0.1) is 5.02 Å². The highest BCUT2D eigenvalue weighted by atomic mass is 35.5.